The van der Waals surface area contributed by atoms with Crippen molar-refractivity contribution in [2.75, 3.05) is 26.2 Å². The van der Waals surface area contributed by atoms with E-state index in [1.54, 1.807) is 0 Å². The van der Waals surface area contributed by atoms with Crippen LogP contribution in [0, 0.1) is 17.0 Å². The number of carbonyl (C=O) groups is 1. The Hall–Kier alpha value is -2.73. The van der Waals surface area contributed by atoms with Crippen LogP contribution >= 0.6 is 0 Å². The van der Waals surface area contributed by atoms with Gasteiger partial charge in [-0.2, -0.15) is 0 Å². The van der Waals surface area contributed by atoms with Gasteiger partial charge in [0.25, 0.3) is 11.6 Å². The average molecular weight is 339 g/mol. The van der Waals surface area contributed by atoms with E-state index in [4.69, 9.17) is 0 Å². The lowest BCUT2D eigenvalue weighted by Crippen LogP contribution is -2.48. The summed E-state index contributed by atoms with van der Waals surface area (Å²) in [5.74, 6) is -0.0647. The van der Waals surface area contributed by atoms with Crippen LogP contribution in [0.1, 0.15) is 21.5 Å². The van der Waals surface area contributed by atoms with Crippen LogP contribution in [0.3, 0.4) is 0 Å². The van der Waals surface area contributed by atoms with Gasteiger partial charge in [-0.05, 0) is 24.6 Å². The molecule has 0 N–H and O–H groups in total. The predicted molar refractivity (Wildman–Crippen MR) is 95.5 cm³/mol. The normalized spacial score (nSPS) is 15.2. The molecule has 2 aromatic rings. The van der Waals surface area contributed by atoms with Crippen molar-refractivity contribution in [2.24, 2.45) is 0 Å². The molecular formula is C19H21N3O3. The second kappa shape index (κ2) is 7.44. The van der Waals surface area contributed by atoms with E-state index >= 15 is 0 Å². The van der Waals surface area contributed by atoms with Crippen LogP contribution in [0.4, 0.5) is 5.69 Å². The molecule has 0 aromatic heterocycles. The number of hydrogen-bond donors (Lipinski definition) is 0. The Bertz CT molecular complexity index is 766. The molecule has 1 heterocycles. The summed E-state index contributed by atoms with van der Waals surface area (Å²) in [4.78, 5) is 26.9. The number of piperazine rings is 1. The molecule has 1 saturated heterocycles. The van der Waals surface area contributed by atoms with Crippen LogP contribution in [0.25, 0.3) is 0 Å². The van der Waals surface area contributed by atoms with Gasteiger partial charge in [-0.15, -0.1) is 0 Å². The highest BCUT2D eigenvalue weighted by atomic mass is 16.6. The van der Waals surface area contributed by atoms with E-state index in [9.17, 15) is 14.9 Å². The quantitative estimate of drug-likeness (QED) is 0.634. The fraction of sp³-hybridized carbons (Fsp3) is 0.316. The minimum Gasteiger partial charge on any atom is -0.336 e. The summed E-state index contributed by atoms with van der Waals surface area (Å²) in [5.41, 5.74) is 3.04. The van der Waals surface area contributed by atoms with E-state index in [-0.39, 0.29) is 11.6 Å². The van der Waals surface area contributed by atoms with Crippen LogP contribution in [0.2, 0.25) is 0 Å². The highest BCUT2D eigenvalue weighted by Gasteiger charge is 2.22. The van der Waals surface area contributed by atoms with Gasteiger partial charge in [0.2, 0.25) is 0 Å². The number of nitro benzene ring substituents is 1. The topological polar surface area (TPSA) is 66.7 Å². The first-order chi connectivity index (χ1) is 12.0. The molecule has 0 radical (unpaired) electrons. The Labute approximate surface area is 146 Å². The molecule has 25 heavy (non-hydrogen) atoms. The van der Waals surface area contributed by atoms with Gasteiger partial charge in [-0.25, -0.2) is 0 Å². The number of nitro groups is 1. The number of non-ortho nitro benzene ring substituents is 1. The number of amides is 1. The summed E-state index contributed by atoms with van der Waals surface area (Å²) in [5, 5.41) is 10.7. The molecule has 0 saturated carbocycles. The molecule has 0 spiro atoms. The van der Waals surface area contributed by atoms with Crippen molar-refractivity contribution in [3.8, 4) is 0 Å². The van der Waals surface area contributed by atoms with E-state index in [1.165, 1.54) is 35.4 Å². The number of aryl methyl sites for hydroxylation is 1. The number of rotatable bonds is 4. The zero-order chi connectivity index (χ0) is 17.8. The Morgan fingerprint density at radius 1 is 1.08 bits per heavy atom. The van der Waals surface area contributed by atoms with Gasteiger partial charge in [0.05, 0.1) is 4.92 Å². The van der Waals surface area contributed by atoms with E-state index in [2.05, 4.69) is 36.1 Å². The molecule has 6 heteroatoms. The van der Waals surface area contributed by atoms with E-state index < -0.39 is 4.92 Å². The summed E-state index contributed by atoms with van der Waals surface area (Å²) in [6.07, 6.45) is 0. The van der Waals surface area contributed by atoms with Crippen molar-refractivity contribution in [3.63, 3.8) is 0 Å². The summed E-state index contributed by atoms with van der Waals surface area (Å²) < 4.78 is 0. The second-order valence-electron chi connectivity index (χ2n) is 6.36. The van der Waals surface area contributed by atoms with Gasteiger partial charge in [-0.3, -0.25) is 19.8 Å². The Morgan fingerprint density at radius 2 is 1.76 bits per heavy atom. The van der Waals surface area contributed by atoms with Crippen molar-refractivity contribution in [1.29, 1.82) is 0 Å². The third-order valence-corrected chi connectivity index (χ3v) is 4.47. The predicted octanol–water partition coefficient (Wildman–Crippen LogP) is 2.86. The number of carbonyl (C=O) groups excluding carboxylic acids is 1. The lowest BCUT2D eigenvalue weighted by molar-refractivity contribution is -0.384. The van der Waals surface area contributed by atoms with Gasteiger partial charge in [0.1, 0.15) is 0 Å². The minimum atomic E-state index is -0.460. The van der Waals surface area contributed by atoms with Crippen molar-refractivity contribution >= 4 is 11.6 Å². The maximum Gasteiger partial charge on any atom is 0.269 e. The summed E-state index contributed by atoms with van der Waals surface area (Å²) >= 11 is 0. The molecule has 0 bridgehead atoms. The molecule has 0 atom stereocenters. The van der Waals surface area contributed by atoms with Gasteiger partial charge < -0.3 is 4.90 Å². The third kappa shape index (κ3) is 4.22. The Morgan fingerprint density at radius 3 is 2.36 bits per heavy atom. The molecule has 2 aromatic carbocycles. The molecule has 0 unspecified atom stereocenters. The monoisotopic (exact) mass is 339 g/mol. The largest absolute Gasteiger partial charge is 0.336 e. The number of nitrogens with zero attached hydrogens (tertiary/aromatic N) is 3. The summed E-state index contributed by atoms with van der Waals surface area (Å²) in [7, 11) is 0. The van der Waals surface area contributed by atoms with Crippen molar-refractivity contribution in [3.05, 3.63) is 75.3 Å². The van der Waals surface area contributed by atoms with Crippen molar-refractivity contribution < 1.29 is 9.72 Å². The first kappa shape index (κ1) is 17.1. The smallest absolute Gasteiger partial charge is 0.269 e. The van der Waals surface area contributed by atoms with Crippen LogP contribution < -0.4 is 0 Å². The number of hydrogen-bond acceptors (Lipinski definition) is 4. The standard InChI is InChI=1S/C19H21N3O3/c1-15-3-2-4-16(13-15)14-20-9-11-21(12-10-20)19(23)17-5-7-18(8-6-17)22(24)25/h2-8,13H,9-12,14H2,1H3. The molecule has 1 amide bonds. The maximum absolute atomic E-state index is 12.5. The summed E-state index contributed by atoms with van der Waals surface area (Å²) in [6.45, 7) is 5.97. The fourth-order valence-electron chi connectivity index (χ4n) is 3.09. The first-order valence-electron chi connectivity index (χ1n) is 8.34. The molecule has 1 aliphatic rings. The summed E-state index contributed by atoms with van der Waals surface area (Å²) in [6, 6.07) is 14.3. The average Bonchev–Trinajstić information content (AvgIpc) is 2.62. The third-order valence-electron chi connectivity index (χ3n) is 4.47. The lowest BCUT2D eigenvalue weighted by Gasteiger charge is -2.34. The van der Waals surface area contributed by atoms with Gasteiger partial charge in [0.15, 0.2) is 0 Å². The molecule has 1 aliphatic heterocycles. The van der Waals surface area contributed by atoms with E-state index in [0.29, 0.717) is 18.7 Å². The van der Waals surface area contributed by atoms with Crippen molar-refractivity contribution in [1.82, 2.24) is 9.80 Å². The van der Waals surface area contributed by atoms with Gasteiger partial charge >= 0.3 is 0 Å². The van der Waals surface area contributed by atoms with E-state index in [0.717, 1.165) is 19.6 Å². The zero-order valence-corrected chi connectivity index (χ0v) is 14.2. The fourth-order valence-corrected chi connectivity index (χ4v) is 3.09. The highest BCUT2D eigenvalue weighted by molar-refractivity contribution is 5.94. The Kier molecular flexibility index (Phi) is 5.09. The Balaban J connectivity index is 1.56. The van der Waals surface area contributed by atoms with E-state index in [1.807, 2.05) is 4.90 Å². The lowest BCUT2D eigenvalue weighted by atomic mass is 10.1. The zero-order valence-electron chi connectivity index (χ0n) is 14.2. The SMILES string of the molecule is Cc1cccc(CN2CCN(C(=O)c3ccc([N+](=O)[O-])cc3)CC2)c1. The maximum atomic E-state index is 12.5. The first-order valence-corrected chi connectivity index (χ1v) is 8.34. The molecule has 3 rings (SSSR count). The van der Waals surface area contributed by atoms with Gasteiger partial charge in [0, 0.05) is 50.4 Å². The second-order valence-corrected chi connectivity index (χ2v) is 6.36. The highest BCUT2D eigenvalue weighted by Crippen LogP contribution is 2.16. The molecular weight excluding hydrogens is 318 g/mol. The van der Waals surface area contributed by atoms with Crippen LogP contribution in [-0.4, -0.2) is 46.8 Å². The molecule has 1 fully saturated rings. The molecule has 0 aliphatic carbocycles. The van der Waals surface area contributed by atoms with Crippen LogP contribution in [0.15, 0.2) is 48.5 Å². The molecule has 130 valence electrons. The minimum absolute atomic E-state index is 0.000441. The van der Waals surface area contributed by atoms with Crippen LogP contribution in [0.5, 0.6) is 0 Å². The number of benzene rings is 2. The molecule has 6 nitrogen and oxygen atoms in total. The van der Waals surface area contributed by atoms with Crippen LogP contribution in [-0.2, 0) is 6.54 Å². The van der Waals surface area contributed by atoms with Crippen molar-refractivity contribution in [2.45, 2.75) is 13.5 Å². The van der Waals surface area contributed by atoms with Gasteiger partial charge in [-0.1, -0.05) is 29.8 Å².